The number of carbonyl (C=O) groups is 1. The molecule has 1 amide bonds. The Morgan fingerprint density at radius 2 is 2.13 bits per heavy atom. The third-order valence-electron chi connectivity index (χ3n) is 6.44. The number of aliphatic hydroxyl groups excluding tert-OH is 1. The fourth-order valence-corrected chi connectivity index (χ4v) is 4.40. The second kappa shape index (κ2) is 12.1. The highest BCUT2D eigenvalue weighted by Gasteiger charge is 2.26. The molecule has 1 aliphatic heterocycles. The maximum absolute atomic E-state index is 13.1. The lowest BCUT2D eigenvalue weighted by Crippen LogP contribution is -2.31. The molecule has 0 bridgehead atoms. The van der Waals surface area contributed by atoms with Crippen LogP contribution in [0.5, 0.6) is 0 Å². The molecule has 0 saturated heterocycles. The van der Waals surface area contributed by atoms with Crippen LogP contribution in [0.4, 0.5) is 5.95 Å². The number of amides is 1. The Labute approximate surface area is 228 Å². The second-order valence-corrected chi connectivity index (χ2v) is 10.3. The Kier molecular flexibility index (Phi) is 8.67. The zero-order valence-corrected chi connectivity index (χ0v) is 22.8. The summed E-state index contributed by atoms with van der Waals surface area (Å²) in [7, 11) is 1.66. The summed E-state index contributed by atoms with van der Waals surface area (Å²) in [6.07, 6.45) is 7.04. The number of hydrogen-bond donors (Lipinski definition) is 4. The number of rotatable bonds is 8. The molecule has 206 valence electrons. The Bertz CT molecular complexity index is 1360. The van der Waals surface area contributed by atoms with Gasteiger partial charge in [-0.2, -0.15) is 0 Å². The first-order valence-electron chi connectivity index (χ1n) is 12.9. The van der Waals surface area contributed by atoms with E-state index in [4.69, 9.17) is 5.73 Å². The van der Waals surface area contributed by atoms with Gasteiger partial charge in [0, 0.05) is 50.9 Å². The van der Waals surface area contributed by atoms with Crippen molar-refractivity contribution in [1.29, 1.82) is 0 Å². The van der Waals surface area contributed by atoms with Crippen molar-refractivity contribution in [3.8, 4) is 11.3 Å². The van der Waals surface area contributed by atoms with Crippen molar-refractivity contribution in [2.75, 3.05) is 32.1 Å². The number of nitrogens with one attached hydrogen (secondary N) is 2. The molecule has 1 atom stereocenters. The lowest BCUT2D eigenvalue weighted by Gasteiger charge is -2.19. The number of aromatic nitrogens is 5. The molecule has 12 nitrogen and oxygen atoms in total. The summed E-state index contributed by atoms with van der Waals surface area (Å²) in [4.78, 5) is 28.2. The quantitative estimate of drug-likeness (QED) is 0.319. The van der Waals surface area contributed by atoms with Crippen LogP contribution in [0, 0.1) is 0 Å². The van der Waals surface area contributed by atoms with Gasteiger partial charge in [0.1, 0.15) is 0 Å². The van der Waals surface area contributed by atoms with Gasteiger partial charge in [-0.15, -0.1) is 5.10 Å². The third kappa shape index (κ3) is 6.84. The highest BCUT2D eigenvalue weighted by molar-refractivity contribution is 5.92. The molecule has 0 fully saturated rings. The predicted octanol–water partition coefficient (Wildman–Crippen LogP) is 2.07. The highest BCUT2D eigenvalue weighted by atomic mass is 16.3. The van der Waals surface area contributed by atoms with Gasteiger partial charge in [0.15, 0.2) is 5.69 Å². The van der Waals surface area contributed by atoms with E-state index < -0.39 is 0 Å². The molecule has 2 aromatic heterocycles. The summed E-state index contributed by atoms with van der Waals surface area (Å²) < 4.78 is 1.68. The minimum absolute atomic E-state index is 0.0565. The molecule has 3 aromatic rings. The average molecular weight is 533 g/mol. The SMILES string of the molecule is CN=CC(=CN)Nc1nccc(-c2ccc3c(c2)CN(CCO)CCC3NC(=O)c2cn(C(C)(C)C)nn2)n1. The van der Waals surface area contributed by atoms with Crippen LogP contribution >= 0.6 is 0 Å². The number of nitrogens with zero attached hydrogens (tertiary/aromatic N) is 7. The summed E-state index contributed by atoms with van der Waals surface area (Å²) in [6, 6.07) is 7.73. The van der Waals surface area contributed by atoms with E-state index in [-0.39, 0.29) is 29.8 Å². The van der Waals surface area contributed by atoms with Gasteiger partial charge in [-0.05, 0) is 50.5 Å². The van der Waals surface area contributed by atoms with E-state index >= 15 is 0 Å². The number of benzene rings is 1. The van der Waals surface area contributed by atoms with E-state index in [1.165, 1.54) is 6.20 Å². The Balaban J connectivity index is 1.62. The van der Waals surface area contributed by atoms with Crippen LogP contribution in [0.15, 0.2) is 53.5 Å². The molecule has 1 aromatic carbocycles. The fourth-order valence-electron chi connectivity index (χ4n) is 4.40. The van der Waals surface area contributed by atoms with Crippen molar-refractivity contribution >= 4 is 18.1 Å². The maximum Gasteiger partial charge on any atom is 0.273 e. The number of hydrogen-bond acceptors (Lipinski definition) is 10. The smallest absolute Gasteiger partial charge is 0.273 e. The van der Waals surface area contributed by atoms with Gasteiger partial charge < -0.3 is 21.5 Å². The van der Waals surface area contributed by atoms with Crippen molar-refractivity contribution in [1.82, 2.24) is 35.2 Å². The van der Waals surface area contributed by atoms with Crippen molar-refractivity contribution in [2.24, 2.45) is 10.7 Å². The van der Waals surface area contributed by atoms with Crippen molar-refractivity contribution in [3.05, 3.63) is 65.4 Å². The summed E-state index contributed by atoms with van der Waals surface area (Å²) >= 11 is 0. The Morgan fingerprint density at radius 3 is 2.82 bits per heavy atom. The molecule has 3 heterocycles. The van der Waals surface area contributed by atoms with Gasteiger partial charge in [-0.1, -0.05) is 17.3 Å². The van der Waals surface area contributed by atoms with Crippen LogP contribution in [0.3, 0.4) is 0 Å². The standard InChI is InChI=1S/C27H36N10O2/c1-27(2,3)37-17-24(34-35-37)25(39)32-23-8-10-36(11-12-38)16-19-13-18(5-6-21(19)23)22-7-9-30-26(33-22)31-20(14-28)15-29-4/h5-7,9,13-15,17,23,38H,8,10-12,16,28H2,1-4H3,(H,32,39)(H,30,31,33). The van der Waals surface area contributed by atoms with Crippen molar-refractivity contribution in [3.63, 3.8) is 0 Å². The molecule has 5 N–H and O–H groups in total. The normalized spacial score (nSPS) is 16.6. The summed E-state index contributed by atoms with van der Waals surface area (Å²) in [5.74, 6) is 0.126. The maximum atomic E-state index is 13.1. The second-order valence-electron chi connectivity index (χ2n) is 10.3. The number of fused-ring (bicyclic) bond motifs is 1. The van der Waals surface area contributed by atoms with Crippen LogP contribution < -0.4 is 16.4 Å². The van der Waals surface area contributed by atoms with Gasteiger partial charge in [-0.3, -0.25) is 14.7 Å². The number of allylic oxidation sites excluding steroid dienone is 1. The number of nitrogens with two attached hydrogens (primary N) is 1. The summed E-state index contributed by atoms with van der Waals surface area (Å²) in [6.45, 7) is 7.96. The van der Waals surface area contributed by atoms with Crippen LogP contribution in [0.25, 0.3) is 11.3 Å². The van der Waals surface area contributed by atoms with E-state index in [2.05, 4.69) is 46.9 Å². The minimum Gasteiger partial charge on any atom is -0.403 e. The lowest BCUT2D eigenvalue weighted by atomic mass is 9.96. The Morgan fingerprint density at radius 1 is 1.31 bits per heavy atom. The highest BCUT2D eigenvalue weighted by Crippen LogP contribution is 2.31. The minimum atomic E-state index is -0.274. The third-order valence-corrected chi connectivity index (χ3v) is 6.44. The molecule has 39 heavy (non-hydrogen) atoms. The van der Waals surface area contributed by atoms with Crippen molar-refractivity contribution in [2.45, 2.75) is 45.3 Å². The molecular weight excluding hydrogens is 496 g/mol. The van der Waals surface area contributed by atoms with Crippen LogP contribution in [0.1, 0.15) is 54.8 Å². The van der Waals surface area contributed by atoms with E-state index in [1.54, 1.807) is 30.3 Å². The average Bonchev–Trinajstić information content (AvgIpc) is 3.36. The zero-order chi connectivity index (χ0) is 28.0. The molecule has 0 radical (unpaired) electrons. The van der Waals surface area contributed by atoms with E-state index in [9.17, 15) is 9.90 Å². The zero-order valence-electron chi connectivity index (χ0n) is 22.8. The van der Waals surface area contributed by atoms with Crippen LogP contribution in [-0.2, 0) is 12.1 Å². The molecule has 0 aliphatic carbocycles. The van der Waals surface area contributed by atoms with Gasteiger partial charge in [0.05, 0.1) is 35.8 Å². The first-order valence-corrected chi connectivity index (χ1v) is 12.9. The summed E-state index contributed by atoms with van der Waals surface area (Å²) in [5, 5.41) is 24.0. The van der Waals surface area contributed by atoms with Gasteiger partial charge in [0.2, 0.25) is 5.95 Å². The van der Waals surface area contributed by atoms with Crippen molar-refractivity contribution < 1.29 is 9.90 Å². The van der Waals surface area contributed by atoms with Gasteiger partial charge in [-0.25, -0.2) is 14.6 Å². The Hall–Kier alpha value is -4.16. The monoisotopic (exact) mass is 532 g/mol. The number of carbonyl (C=O) groups excluding carboxylic acids is 1. The van der Waals surface area contributed by atoms with Gasteiger partial charge in [0.25, 0.3) is 5.91 Å². The topological polar surface area (TPSA) is 159 Å². The van der Waals surface area contributed by atoms with Crippen LogP contribution in [0.2, 0.25) is 0 Å². The molecule has 1 aliphatic rings. The van der Waals surface area contributed by atoms with E-state index in [0.29, 0.717) is 31.2 Å². The largest absolute Gasteiger partial charge is 0.403 e. The predicted molar refractivity (Wildman–Crippen MR) is 150 cm³/mol. The number of β-amino-alcohol motifs (C(OH)–C–C–N with tert-alkyl or cyclic N) is 1. The first-order chi connectivity index (χ1) is 18.7. The number of anilines is 1. The molecule has 4 rings (SSSR count). The van der Waals surface area contributed by atoms with Gasteiger partial charge >= 0.3 is 0 Å². The summed E-state index contributed by atoms with van der Waals surface area (Å²) in [5.41, 5.74) is 9.96. The molecule has 0 saturated carbocycles. The van der Waals surface area contributed by atoms with E-state index in [1.807, 2.05) is 39.0 Å². The van der Waals surface area contributed by atoms with E-state index in [0.717, 1.165) is 28.9 Å². The first kappa shape index (κ1) is 27.9. The molecule has 0 spiro atoms. The molecule has 12 heteroatoms. The molecule has 1 unspecified atom stereocenters. The number of aliphatic hydroxyl groups is 1. The fraction of sp³-hybridized carbons (Fsp3) is 0.407. The van der Waals surface area contributed by atoms with Crippen LogP contribution in [-0.4, -0.2) is 73.8 Å². The molecular formula is C27H36N10O2. The lowest BCUT2D eigenvalue weighted by molar-refractivity contribution is 0.0926. The number of aliphatic imine (C=N–C) groups is 1.